The van der Waals surface area contributed by atoms with Crippen LogP contribution in [-0.2, 0) is 15.5 Å². The number of pyridine rings is 1. The predicted octanol–water partition coefficient (Wildman–Crippen LogP) is 4.41. The Morgan fingerprint density at radius 1 is 1.21 bits per heavy atom. The molecule has 0 saturated heterocycles. The first-order valence-electron chi connectivity index (χ1n) is 9.20. The van der Waals surface area contributed by atoms with Gasteiger partial charge in [0.2, 0.25) is 0 Å². The summed E-state index contributed by atoms with van der Waals surface area (Å²) >= 11 is 0. The standard InChI is InChI=1S/C22H20F2N2O3/c1-2-22(23,24)19-11-10-16(14-25-19)15-7-6-12-26(17-8-4-3-5-9-17)20(27)18(13-15)21(28)29/h3-5,7-11,13-14H,2,6,12H2,1H3,(H,28,29)/b15-7+,18-13+. The van der Waals surface area contributed by atoms with Crippen LogP contribution >= 0.6 is 0 Å². The zero-order chi connectivity index (χ0) is 21.0. The van der Waals surface area contributed by atoms with Crippen LogP contribution in [0.4, 0.5) is 14.5 Å². The minimum atomic E-state index is -3.03. The third kappa shape index (κ3) is 4.39. The molecule has 1 aliphatic rings. The van der Waals surface area contributed by atoms with Gasteiger partial charge < -0.3 is 10.0 Å². The van der Waals surface area contributed by atoms with Gasteiger partial charge in [-0.25, -0.2) is 4.79 Å². The molecule has 150 valence electrons. The Morgan fingerprint density at radius 3 is 2.52 bits per heavy atom. The average Bonchev–Trinajstić information content (AvgIpc) is 2.72. The van der Waals surface area contributed by atoms with Gasteiger partial charge in [0.1, 0.15) is 11.3 Å². The zero-order valence-electron chi connectivity index (χ0n) is 15.8. The molecular weight excluding hydrogens is 378 g/mol. The van der Waals surface area contributed by atoms with Gasteiger partial charge in [0.25, 0.3) is 11.8 Å². The number of aliphatic carboxylic acids is 1. The fraction of sp³-hybridized carbons (Fsp3) is 0.227. The third-order valence-electron chi connectivity index (χ3n) is 4.71. The van der Waals surface area contributed by atoms with E-state index in [9.17, 15) is 23.5 Å². The van der Waals surface area contributed by atoms with Crippen molar-refractivity contribution in [2.45, 2.75) is 25.7 Å². The summed E-state index contributed by atoms with van der Waals surface area (Å²) in [6.07, 6.45) is 4.43. The minimum Gasteiger partial charge on any atom is -0.477 e. The monoisotopic (exact) mass is 398 g/mol. The smallest absolute Gasteiger partial charge is 0.341 e. The lowest BCUT2D eigenvalue weighted by atomic mass is 9.99. The lowest BCUT2D eigenvalue weighted by Gasteiger charge is -2.24. The first-order valence-corrected chi connectivity index (χ1v) is 9.20. The molecule has 3 rings (SSSR count). The van der Waals surface area contributed by atoms with Crippen LogP contribution in [0.2, 0.25) is 0 Å². The van der Waals surface area contributed by atoms with Crippen molar-refractivity contribution in [3.8, 4) is 0 Å². The second-order valence-corrected chi connectivity index (χ2v) is 6.59. The van der Waals surface area contributed by atoms with Crippen LogP contribution in [0.25, 0.3) is 5.57 Å². The summed E-state index contributed by atoms with van der Waals surface area (Å²) in [6, 6.07) is 11.5. The number of hydrogen-bond donors (Lipinski definition) is 1. The molecule has 0 atom stereocenters. The molecule has 0 aliphatic carbocycles. The van der Waals surface area contributed by atoms with Crippen molar-refractivity contribution in [3.05, 3.63) is 77.6 Å². The Bertz CT molecular complexity index is 967. The van der Waals surface area contributed by atoms with E-state index in [-0.39, 0.29) is 18.7 Å². The van der Waals surface area contributed by atoms with Crippen molar-refractivity contribution < 1.29 is 23.5 Å². The van der Waals surface area contributed by atoms with Gasteiger partial charge >= 0.3 is 5.97 Å². The Hall–Kier alpha value is -3.35. The van der Waals surface area contributed by atoms with Crippen molar-refractivity contribution >= 4 is 23.1 Å². The topological polar surface area (TPSA) is 70.5 Å². The fourth-order valence-electron chi connectivity index (χ4n) is 3.04. The SMILES string of the molecule is CCC(F)(F)c1ccc(C2=C/CCN(c3ccccc3)C(=O)/C(C(=O)O)=C\2)cn1. The molecule has 0 radical (unpaired) electrons. The summed E-state index contributed by atoms with van der Waals surface area (Å²) in [4.78, 5) is 29.9. The van der Waals surface area contributed by atoms with E-state index in [0.717, 1.165) is 0 Å². The number of aromatic nitrogens is 1. The van der Waals surface area contributed by atoms with Crippen molar-refractivity contribution in [2.24, 2.45) is 0 Å². The largest absolute Gasteiger partial charge is 0.477 e. The Labute approximate surface area is 167 Å². The molecule has 5 nitrogen and oxygen atoms in total. The second kappa shape index (κ2) is 8.34. The highest BCUT2D eigenvalue weighted by atomic mass is 19.3. The van der Waals surface area contributed by atoms with Gasteiger partial charge in [0, 0.05) is 24.8 Å². The van der Waals surface area contributed by atoms with E-state index in [1.165, 1.54) is 36.2 Å². The Balaban J connectivity index is 1.96. The van der Waals surface area contributed by atoms with Crippen molar-refractivity contribution in [1.82, 2.24) is 4.98 Å². The van der Waals surface area contributed by atoms with Gasteiger partial charge in [0.15, 0.2) is 0 Å². The van der Waals surface area contributed by atoms with E-state index in [4.69, 9.17) is 0 Å². The number of carbonyl (C=O) groups excluding carboxylic acids is 1. The Kier molecular flexibility index (Phi) is 5.87. The third-order valence-corrected chi connectivity index (χ3v) is 4.71. The molecule has 2 heterocycles. The summed E-state index contributed by atoms with van der Waals surface area (Å²) in [7, 11) is 0. The van der Waals surface area contributed by atoms with E-state index < -0.39 is 23.4 Å². The summed E-state index contributed by atoms with van der Waals surface area (Å²) in [5, 5.41) is 9.58. The number of hydrogen-bond acceptors (Lipinski definition) is 3. The molecule has 1 amide bonds. The molecule has 1 aliphatic heterocycles. The zero-order valence-corrected chi connectivity index (χ0v) is 15.8. The number of carboxylic acid groups (broad SMARTS) is 1. The lowest BCUT2D eigenvalue weighted by molar-refractivity contribution is -0.134. The van der Waals surface area contributed by atoms with Gasteiger partial charge in [-0.3, -0.25) is 9.78 Å². The number of rotatable bonds is 5. The maximum absolute atomic E-state index is 13.8. The highest BCUT2D eigenvalue weighted by molar-refractivity contribution is 6.22. The van der Waals surface area contributed by atoms with Crippen molar-refractivity contribution in [3.63, 3.8) is 0 Å². The molecule has 1 aromatic carbocycles. The summed E-state index contributed by atoms with van der Waals surface area (Å²) < 4.78 is 27.6. The summed E-state index contributed by atoms with van der Waals surface area (Å²) in [6.45, 7) is 1.66. The van der Waals surface area contributed by atoms with Gasteiger partial charge in [-0.1, -0.05) is 37.3 Å². The van der Waals surface area contributed by atoms with E-state index in [1.54, 1.807) is 30.3 Å². The predicted molar refractivity (Wildman–Crippen MR) is 106 cm³/mol. The molecule has 0 spiro atoms. The highest BCUT2D eigenvalue weighted by Gasteiger charge is 2.31. The number of alkyl halides is 2. The number of allylic oxidation sites excluding steroid dienone is 2. The number of amides is 1. The minimum absolute atomic E-state index is 0.288. The molecule has 0 unspecified atom stereocenters. The van der Waals surface area contributed by atoms with Crippen LogP contribution < -0.4 is 4.90 Å². The van der Waals surface area contributed by atoms with Crippen LogP contribution in [0.15, 0.2) is 66.4 Å². The Morgan fingerprint density at radius 2 is 1.93 bits per heavy atom. The quantitative estimate of drug-likeness (QED) is 0.757. The molecule has 0 fully saturated rings. The number of carbonyl (C=O) groups is 2. The van der Waals surface area contributed by atoms with Gasteiger partial charge in [-0.05, 0) is 41.8 Å². The average molecular weight is 398 g/mol. The van der Waals surface area contributed by atoms with E-state index in [0.29, 0.717) is 23.2 Å². The number of carboxylic acids is 1. The van der Waals surface area contributed by atoms with E-state index >= 15 is 0 Å². The summed E-state index contributed by atoms with van der Waals surface area (Å²) in [5.74, 6) is -5.01. The van der Waals surface area contributed by atoms with E-state index in [2.05, 4.69) is 4.98 Å². The first kappa shape index (κ1) is 20.4. The molecule has 7 heteroatoms. The molecule has 0 bridgehead atoms. The molecule has 0 saturated carbocycles. The van der Waals surface area contributed by atoms with Crippen LogP contribution in [0.5, 0.6) is 0 Å². The van der Waals surface area contributed by atoms with Crippen molar-refractivity contribution in [1.29, 1.82) is 0 Å². The van der Waals surface area contributed by atoms with Gasteiger partial charge in [0.05, 0.1) is 0 Å². The van der Waals surface area contributed by atoms with Crippen LogP contribution in [0, 0.1) is 0 Å². The van der Waals surface area contributed by atoms with E-state index in [1.807, 2.05) is 6.07 Å². The van der Waals surface area contributed by atoms with Crippen molar-refractivity contribution in [2.75, 3.05) is 11.4 Å². The normalized spacial score (nSPS) is 18.9. The van der Waals surface area contributed by atoms with Crippen LogP contribution in [0.3, 0.4) is 0 Å². The number of benzene rings is 1. The second-order valence-electron chi connectivity index (χ2n) is 6.59. The van der Waals surface area contributed by atoms with Gasteiger partial charge in [-0.15, -0.1) is 0 Å². The fourth-order valence-corrected chi connectivity index (χ4v) is 3.04. The number of halogens is 2. The number of para-hydroxylation sites is 1. The van der Waals surface area contributed by atoms with Crippen LogP contribution in [0.1, 0.15) is 31.0 Å². The lowest BCUT2D eigenvalue weighted by Crippen LogP contribution is -2.35. The van der Waals surface area contributed by atoms with Crippen LogP contribution in [-0.4, -0.2) is 28.5 Å². The number of anilines is 1. The molecular formula is C22H20F2N2O3. The molecule has 29 heavy (non-hydrogen) atoms. The maximum atomic E-state index is 13.8. The molecule has 2 aromatic rings. The maximum Gasteiger partial charge on any atom is 0.341 e. The highest BCUT2D eigenvalue weighted by Crippen LogP contribution is 2.31. The molecule has 1 aromatic heterocycles. The molecule has 1 N–H and O–H groups in total. The first-order chi connectivity index (χ1) is 13.8. The summed E-state index contributed by atoms with van der Waals surface area (Å²) in [5.41, 5.74) is 0.795. The number of nitrogens with zero attached hydrogens (tertiary/aromatic N) is 2. The van der Waals surface area contributed by atoms with Gasteiger partial charge in [-0.2, -0.15) is 8.78 Å².